The van der Waals surface area contributed by atoms with Gasteiger partial charge in [0.2, 0.25) is 15.5 Å². The molecule has 2 N–H and O–H groups in total. The van der Waals surface area contributed by atoms with Gasteiger partial charge in [-0.3, -0.25) is 4.79 Å². The van der Waals surface area contributed by atoms with Crippen LogP contribution in [0.3, 0.4) is 0 Å². The van der Waals surface area contributed by atoms with Crippen LogP contribution in [-0.4, -0.2) is 19.9 Å². The van der Waals surface area contributed by atoms with Crippen LogP contribution in [0.2, 0.25) is 0 Å². The van der Waals surface area contributed by atoms with E-state index >= 15 is 0 Å². The highest BCUT2D eigenvalue weighted by molar-refractivity contribution is 9.11. The largest absolute Gasteiger partial charge is 0.366 e. The maximum atomic E-state index is 11.9. The van der Waals surface area contributed by atoms with E-state index in [0.29, 0.717) is 6.42 Å². The molecule has 2 heterocycles. The van der Waals surface area contributed by atoms with E-state index in [1.807, 2.05) is 12.1 Å². The second-order valence-electron chi connectivity index (χ2n) is 3.73. The molecule has 0 fully saturated rings. The van der Waals surface area contributed by atoms with Crippen LogP contribution in [0.1, 0.15) is 4.88 Å². The first-order chi connectivity index (χ1) is 8.99. The van der Waals surface area contributed by atoms with Crippen LogP contribution in [-0.2, 0) is 16.4 Å². The third kappa shape index (κ3) is 3.75. The smallest absolute Gasteiger partial charge is 0.245 e. The first-order valence-electron chi connectivity index (χ1n) is 5.40. The first kappa shape index (κ1) is 14.4. The highest BCUT2D eigenvalue weighted by Gasteiger charge is 2.16. The molecule has 0 aliphatic rings. The van der Waals surface area contributed by atoms with Gasteiger partial charge in [0.05, 0.1) is 3.79 Å². The molecule has 19 heavy (non-hydrogen) atoms. The Balaban J connectivity index is 2.03. The Labute approximate surface area is 122 Å². The Hall–Kier alpha value is -0.960. The molecule has 0 spiro atoms. The topological polar surface area (TPSA) is 79.0 Å². The zero-order valence-electron chi connectivity index (χ0n) is 9.72. The number of nitrogens with one attached hydrogen (secondary N) is 2. The summed E-state index contributed by atoms with van der Waals surface area (Å²) in [4.78, 5) is 14.9. The van der Waals surface area contributed by atoms with Gasteiger partial charge in [-0.15, -0.1) is 11.3 Å². The summed E-state index contributed by atoms with van der Waals surface area (Å²) in [6.07, 6.45) is 3.16. The average Bonchev–Trinajstić information content (AvgIpc) is 2.75. The molecule has 2 aromatic rings. The molecular weight excluding hydrogens is 352 g/mol. The van der Waals surface area contributed by atoms with Crippen LogP contribution in [0, 0.1) is 0 Å². The number of hydrogen-bond acceptors (Lipinski definition) is 4. The molecule has 0 atom stereocenters. The summed E-state index contributed by atoms with van der Waals surface area (Å²) >= 11 is 4.90. The lowest BCUT2D eigenvalue weighted by Crippen LogP contribution is -2.29. The zero-order chi connectivity index (χ0) is 13.9. The minimum Gasteiger partial charge on any atom is -0.366 e. The quantitative estimate of drug-likeness (QED) is 0.849. The van der Waals surface area contributed by atoms with E-state index in [2.05, 4.69) is 25.6 Å². The first-order valence-corrected chi connectivity index (χ1v) is 8.49. The van der Waals surface area contributed by atoms with Crippen molar-refractivity contribution in [1.29, 1.82) is 0 Å². The zero-order valence-corrected chi connectivity index (χ0v) is 12.9. The molecule has 0 saturated carbocycles. The highest BCUT2D eigenvalue weighted by Crippen LogP contribution is 2.22. The molecule has 0 aliphatic heterocycles. The Bertz CT molecular complexity index is 721. The minimum atomic E-state index is -3.76. The van der Waals surface area contributed by atoms with Gasteiger partial charge in [0.15, 0.2) is 0 Å². The molecule has 0 aliphatic carbocycles. The summed E-state index contributed by atoms with van der Waals surface area (Å²) in [6.45, 7) is 0.254. The van der Waals surface area contributed by atoms with Gasteiger partial charge in [0.1, 0.15) is 4.90 Å². The minimum absolute atomic E-state index is 0.254. The second kappa shape index (κ2) is 6.00. The Kier molecular flexibility index (Phi) is 4.56. The molecule has 0 unspecified atom stereocenters. The number of halogens is 1. The molecule has 2 rings (SSSR count). The van der Waals surface area contributed by atoms with Crippen LogP contribution in [0.5, 0.6) is 0 Å². The maximum Gasteiger partial charge on any atom is 0.245 e. The lowest BCUT2D eigenvalue weighted by Gasteiger charge is -2.04. The van der Waals surface area contributed by atoms with E-state index in [1.165, 1.54) is 18.5 Å². The van der Waals surface area contributed by atoms with Crippen LogP contribution in [0.15, 0.2) is 44.1 Å². The highest BCUT2D eigenvalue weighted by atomic mass is 79.9. The van der Waals surface area contributed by atoms with Crippen molar-refractivity contribution in [2.75, 3.05) is 6.54 Å². The third-order valence-corrected chi connectivity index (χ3v) is 5.54. The van der Waals surface area contributed by atoms with Gasteiger partial charge in [-0.1, -0.05) is 0 Å². The standard InChI is InChI=1S/C11H11BrN2O3S2/c12-11-2-1-8(18-11)3-6-14-19(16,17)10-7-13-5-4-9(10)15/h1-2,4-5,7,14H,3,6H2,(H,13,15). The predicted molar refractivity (Wildman–Crippen MR) is 78.0 cm³/mol. The van der Waals surface area contributed by atoms with Crippen molar-refractivity contribution < 1.29 is 8.42 Å². The number of H-pyrrole nitrogens is 1. The number of pyridine rings is 1. The van der Waals surface area contributed by atoms with Gasteiger partial charge < -0.3 is 4.98 Å². The van der Waals surface area contributed by atoms with Gasteiger partial charge in [0.25, 0.3) is 0 Å². The summed E-state index contributed by atoms with van der Waals surface area (Å²) in [5.74, 6) is 0. The molecule has 2 aromatic heterocycles. The monoisotopic (exact) mass is 362 g/mol. The Morgan fingerprint density at radius 2 is 2.11 bits per heavy atom. The number of thiophene rings is 1. The number of sulfonamides is 1. The van der Waals surface area contributed by atoms with E-state index in [1.54, 1.807) is 11.3 Å². The third-order valence-electron chi connectivity index (χ3n) is 2.37. The molecule has 5 nitrogen and oxygen atoms in total. The summed E-state index contributed by atoms with van der Waals surface area (Å²) < 4.78 is 27.2. The molecule has 0 aromatic carbocycles. The lowest BCUT2D eigenvalue weighted by molar-refractivity contribution is 0.580. The fourth-order valence-corrected chi connectivity index (χ4v) is 4.05. The fourth-order valence-electron chi connectivity index (χ4n) is 1.48. The van der Waals surface area contributed by atoms with E-state index in [9.17, 15) is 13.2 Å². The number of hydrogen-bond donors (Lipinski definition) is 2. The van der Waals surface area contributed by atoms with Gasteiger partial charge in [-0.05, 0) is 34.5 Å². The van der Waals surface area contributed by atoms with Crippen molar-refractivity contribution in [3.8, 4) is 0 Å². The SMILES string of the molecule is O=c1cc[nH]cc1S(=O)(=O)NCCc1ccc(Br)s1. The fraction of sp³-hybridized carbons (Fsp3) is 0.182. The Morgan fingerprint density at radius 3 is 2.74 bits per heavy atom. The van der Waals surface area contributed by atoms with Crippen molar-refractivity contribution >= 4 is 37.3 Å². The summed E-state index contributed by atoms with van der Waals surface area (Å²) in [5.41, 5.74) is -0.523. The molecule has 0 bridgehead atoms. The van der Waals surface area contributed by atoms with Crippen LogP contribution >= 0.6 is 27.3 Å². The van der Waals surface area contributed by atoms with Crippen molar-refractivity contribution in [1.82, 2.24) is 9.71 Å². The normalized spacial score (nSPS) is 11.6. The maximum absolute atomic E-state index is 11.9. The van der Waals surface area contributed by atoms with Crippen molar-refractivity contribution in [3.63, 3.8) is 0 Å². The van der Waals surface area contributed by atoms with Crippen molar-refractivity contribution in [2.24, 2.45) is 0 Å². The molecule has 0 radical (unpaired) electrons. The summed E-state index contributed by atoms with van der Waals surface area (Å²) in [7, 11) is -3.76. The van der Waals surface area contributed by atoms with Gasteiger partial charge in [0, 0.05) is 29.9 Å². The van der Waals surface area contributed by atoms with Crippen LogP contribution < -0.4 is 10.2 Å². The van der Waals surface area contributed by atoms with Gasteiger partial charge in [-0.25, -0.2) is 13.1 Å². The van der Waals surface area contributed by atoms with Crippen LogP contribution in [0.25, 0.3) is 0 Å². The van der Waals surface area contributed by atoms with E-state index in [-0.39, 0.29) is 11.4 Å². The average molecular weight is 363 g/mol. The summed E-state index contributed by atoms with van der Waals surface area (Å²) in [6, 6.07) is 5.03. The number of aromatic amines is 1. The molecule has 8 heteroatoms. The van der Waals surface area contributed by atoms with Gasteiger partial charge in [-0.2, -0.15) is 0 Å². The van der Waals surface area contributed by atoms with Crippen molar-refractivity contribution in [2.45, 2.75) is 11.3 Å². The predicted octanol–water partition coefficient (Wildman–Crippen LogP) is 1.72. The molecule has 102 valence electrons. The molecular formula is C11H11BrN2O3S2. The lowest BCUT2D eigenvalue weighted by atomic mass is 10.3. The van der Waals surface area contributed by atoms with E-state index < -0.39 is 15.5 Å². The Morgan fingerprint density at radius 1 is 1.32 bits per heavy atom. The summed E-state index contributed by atoms with van der Waals surface area (Å²) in [5, 5.41) is 0. The van der Waals surface area contributed by atoms with Gasteiger partial charge >= 0.3 is 0 Å². The second-order valence-corrected chi connectivity index (χ2v) is 8.01. The molecule has 0 saturated heterocycles. The van der Waals surface area contributed by atoms with E-state index in [0.717, 1.165) is 8.66 Å². The van der Waals surface area contributed by atoms with Crippen LogP contribution in [0.4, 0.5) is 0 Å². The number of rotatable bonds is 5. The molecule has 0 amide bonds. The van der Waals surface area contributed by atoms with E-state index in [4.69, 9.17) is 0 Å². The van der Waals surface area contributed by atoms with Crippen molar-refractivity contribution in [3.05, 3.63) is 49.5 Å². The number of aromatic nitrogens is 1.